The summed E-state index contributed by atoms with van der Waals surface area (Å²) in [7, 11) is 1.77. The molecule has 2 aromatic rings. The summed E-state index contributed by atoms with van der Waals surface area (Å²) in [6, 6.07) is 8.07. The highest BCUT2D eigenvalue weighted by Gasteiger charge is 2.14. The van der Waals surface area contributed by atoms with Crippen LogP contribution >= 0.6 is 0 Å². The maximum Gasteiger partial charge on any atom is 0.308 e. The molecule has 1 aromatic heterocycles. The lowest BCUT2D eigenvalue weighted by Gasteiger charge is -2.20. The molecule has 0 amide bonds. The van der Waals surface area contributed by atoms with Crippen LogP contribution in [0.3, 0.4) is 0 Å². The highest BCUT2D eigenvalue weighted by atomic mass is 19.1. The van der Waals surface area contributed by atoms with E-state index in [4.69, 9.17) is 5.11 Å². The van der Waals surface area contributed by atoms with Crippen LogP contribution in [0.2, 0.25) is 0 Å². The van der Waals surface area contributed by atoms with Crippen LogP contribution in [0, 0.1) is 11.7 Å². The number of carboxylic acids is 1. The molecule has 1 atom stereocenters. The van der Waals surface area contributed by atoms with Crippen LogP contribution in [-0.2, 0) is 4.79 Å². The van der Waals surface area contributed by atoms with Gasteiger partial charge in [0.05, 0.1) is 11.4 Å². The number of pyridine rings is 1. The maximum absolute atomic E-state index is 13.2. The van der Waals surface area contributed by atoms with E-state index in [-0.39, 0.29) is 5.82 Å². The molecule has 0 bridgehead atoms. The van der Waals surface area contributed by atoms with Crippen LogP contribution in [0.25, 0.3) is 10.9 Å². The molecular weight excluding hydrogens is 247 g/mol. The molecule has 0 aliphatic heterocycles. The van der Waals surface area contributed by atoms with Gasteiger partial charge in [0.15, 0.2) is 0 Å². The fourth-order valence-electron chi connectivity index (χ4n) is 1.87. The zero-order valence-corrected chi connectivity index (χ0v) is 10.8. The number of nitrogens with zero attached hydrogens (tertiary/aromatic N) is 2. The van der Waals surface area contributed by atoms with Crippen LogP contribution < -0.4 is 4.90 Å². The van der Waals surface area contributed by atoms with Gasteiger partial charge in [-0.3, -0.25) is 4.79 Å². The number of carboxylic acid groups (broad SMARTS) is 1. The van der Waals surface area contributed by atoms with Gasteiger partial charge < -0.3 is 10.0 Å². The Morgan fingerprint density at radius 1 is 1.42 bits per heavy atom. The van der Waals surface area contributed by atoms with Crippen LogP contribution in [0.1, 0.15) is 6.92 Å². The van der Waals surface area contributed by atoms with Crippen LogP contribution in [0.5, 0.6) is 0 Å². The summed E-state index contributed by atoms with van der Waals surface area (Å²) in [4.78, 5) is 16.9. The van der Waals surface area contributed by atoms with E-state index in [2.05, 4.69) is 4.98 Å². The summed E-state index contributed by atoms with van der Waals surface area (Å²) in [5, 5.41) is 9.74. The molecule has 4 nitrogen and oxygen atoms in total. The molecule has 100 valence electrons. The summed E-state index contributed by atoms with van der Waals surface area (Å²) in [5.41, 5.74) is 0.562. The van der Waals surface area contributed by atoms with E-state index in [9.17, 15) is 9.18 Å². The minimum absolute atomic E-state index is 0.335. The standard InChI is InChI=1S/C14H15FN2O2/c1-9(14(18)19)8-17(2)13-6-4-10-3-5-11(15)7-12(10)16-13/h3-7,9H,8H2,1-2H3,(H,18,19). The molecule has 0 saturated carbocycles. The van der Waals surface area contributed by atoms with Crippen molar-refractivity contribution in [3.63, 3.8) is 0 Å². The zero-order chi connectivity index (χ0) is 14.0. The predicted molar refractivity (Wildman–Crippen MR) is 71.8 cm³/mol. The van der Waals surface area contributed by atoms with Gasteiger partial charge in [-0.15, -0.1) is 0 Å². The fourth-order valence-corrected chi connectivity index (χ4v) is 1.87. The molecule has 19 heavy (non-hydrogen) atoms. The highest BCUT2D eigenvalue weighted by Crippen LogP contribution is 2.19. The number of carbonyl (C=O) groups is 1. The van der Waals surface area contributed by atoms with Crippen molar-refractivity contribution in [2.24, 2.45) is 5.92 Å². The predicted octanol–water partition coefficient (Wildman–Crippen LogP) is 2.53. The van der Waals surface area contributed by atoms with Gasteiger partial charge >= 0.3 is 5.97 Å². The van der Waals surface area contributed by atoms with Gasteiger partial charge in [-0.1, -0.05) is 6.92 Å². The summed E-state index contributed by atoms with van der Waals surface area (Å²) in [5.74, 6) is -1.04. The van der Waals surface area contributed by atoms with E-state index in [0.717, 1.165) is 5.39 Å². The first kappa shape index (κ1) is 13.3. The number of anilines is 1. The first-order valence-electron chi connectivity index (χ1n) is 5.97. The van der Waals surface area contributed by atoms with E-state index < -0.39 is 11.9 Å². The monoisotopic (exact) mass is 262 g/mol. The Hall–Kier alpha value is -2.17. The van der Waals surface area contributed by atoms with E-state index in [0.29, 0.717) is 17.9 Å². The van der Waals surface area contributed by atoms with Gasteiger partial charge in [0.25, 0.3) is 0 Å². The van der Waals surface area contributed by atoms with E-state index in [1.807, 2.05) is 6.07 Å². The number of aromatic nitrogens is 1. The molecule has 1 aromatic carbocycles. The molecule has 0 aliphatic carbocycles. The molecule has 0 spiro atoms. The summed E-state index contributed by atoms with van der Waals surface area (Å²) in [6.07, 6.45) is 0. The van der Waals surface area contributed by atoms with E-state index in [1.165, 1.54) is 12.1 Å². The van der Waals surface area contributed by atoms with Gasteiger partial charge in [0.2, 0.25) is 0 Å². The first-order chi connectivity index (χ1) is 8.97. The van der Waals surface area contributed by atoms with Crippen molar-refractivity contribution < 1.29 is 14.3 Å². The van der Waals surface area contributed by atoms with Gasteiger partial charge in [-0.2, -0.15) is 0 Å². The molecule has 0 fully saturated rings. The molecule has 5 heteroatoms. The third-order valence-electron chi connectivity index (χ3n) is 3.00. The average Bonchev–Trinajstić information content (AvgIpc) is 2.37. The number of benzene rings is 1. The van der Waals surface area contributed by atoms with Crippen LogP contribution in [0.15, 0.2) is 30.3 Å². The van der Waals surface area contributed by atoms with Crippen molar-refractivity contribution in [1.29, 1.82) is 0 Å². The van der Waals surface area contributed by atoms with Crippen molar-refractivity contribution in [3.05, 3.63) is 36.1 Å². The highest BCUT2D eigenvalue weighted by molar-refractivity contribution is 5.80. The van der Waals surface area contributed by atoms with Gasteiger partial charge in [-0.05, 0) is 24.3 Å². The van der Waals surface area contributed by atoms with Gasteiger partial charge in [-0.25, -0.2) is 9.37 Å². The Morgan fingerprint density at radius 2 is 2.11 bits per heavy atom. The smallest absolute Gasteiger partial charge is 0.308 e. The Morgan fingerprint density at radius 3 is 2.79 bits per heavy atom. The van der Waals surface area contributed by atoms with Gasteiger partial charge in [0.1, 0.15) is 11.6 Å². The SMILES string of the molecule is CC(CN(C)c1ccc2ccc(F)cc2n1)C(=O)O. The number of aliphatic carboxylic acids is 1. The molecule has 1 heterocycles. The lowest BCUT2D eigenvalue weighted by molar-refractivity contribution is -0.140. The molecule has 0 radical (unpaired) electrons. The second-order valence-corrected chi connectivity index (χ2v) is 4.63. The maximum atomic E-state index is 13.2. The van der Waals surface area contributed by atoms with Crippen molar-refractivity contribution in [1.82, 2.24) is 4.98 Å². The molecular formula is C14H15FN2O2. The van der Waals surface area contributed by atoms with E-state index >= 15 is 0 Å². The van der Waals surface area contributed by atoms with E-state index in [1.54, 1.807) is 31.0 Å². The number of rotatable bonds is 4. The number of halogens is 1. The summed E-state index contributed by atoms with van der Waals surface area (Å²) < 4.78 is 13.2. The minimum atomic E-state index is -0.848. The number of hydrogen-bond donors (Lipinski definition) is 1. The Kier molecular flexibility index (Phi) is 3.64. The molecule has 0 aliphatic rings. The van der Waals surface area contributed by atoms with Crippen molar-refractivity contribution in [2.75, 3.05) is 18.5 Å². The molecule has 1 N–H and O–H groups in total. The number of hydrogen-bond acceptors (Lipinski definition) is 3. The fraction of sp³-hybridized carbons (Fsp3) is 0.286. The third kappa shape index (κ3) is 2.99. The third-order valence-corrected chi connectivity index (χ3v) is 3.00. The second-order valence-electron chi connectivity index (χ2n) is 4.63. The van der Waals surface area contributed by atoms with Crippen molar-refractivity contribution >= 4 is 22.7 Å². The normalized spacial score (nSPS) is 12.4. The second kappa shape index (κ2) is 5.22. The molecule has 2 rings (SSSR count). The van der Waals surface area contributed by atoms with Crippen LogP contribution in [-0.4, -0.2) is 29.7 Å². The van der Waals surface area contributed by atoms with Crippen molar-refractivity contribution in [2.45, 2.75) is 6.92 Å². The minimum Gasteiger partial charge on any atom is -0.481 e. The zero-order valence-electron chi connectivity index (χ0n) is 10.8. The van der Waals surface area contributed by atoms with Crippen LogP contribution in [0.4, 0.5) is 10.2 Å². The van der Waals surface area contributed by atoms with Gasteiger partial charge in [0, 0.05) is 25.0 Å². The molecule has 1 unspecified atom stereocenters. The quantitative estimate of drug-likeness (QED) is 0.920. The largest absolute Gasteiger partial charge is 0.481 e. The molecule has 0 saturated heterocycles. The Bertz CT molecular complexity index is 615. The Labute approximate surface area is 110 Å². The average molecular weight is 262 g/mol. The van der Waals surface area contributed by atoms with Crippen molar-refractivity contribution in [3.8, 4) is 0 Å². The summed E-state index contributed by atoms with van der Waals surface area (Å²) >= 11 is 0. The lowest BCUT2D eigenvalue weighted by Crippen LogP contribution is -2.28. The first-order valence-corrected chi connectivity index (χ1v) is 5.97. The lowest BCUT2D eigenvalue weighted by atomic mass is 10.1. The summed E-state index contributed by atoms with van der Waals surface area (Å²) in [6.45, 7) is 1.99. The number of fused-ring (bicyclic) bond motifs is 1. The topological polar surface area (TPSA) is 53.4 Å². The Balaban J connectivity index is 2.27.